The first kappa shape index (κ1) is 17.8. The lowest BCUT2D eigenvalue weighted by Gasteiger charge is -2.22. The van der Waals surface area contributed by atoms with Crippen LogP contribution in [0.15, 0.2) is 54.6 Å². The van der Waals surface area contributed by atoms with Crippen LogP contribution in [0.5, 0.6) is 5.75 Å². The molecule has 0 unspecified atom stereocenters. The van der Waals surface area contributed by atoms with Gasteiger partial charge in [0.15, 0.2) is 0 Å². The van der Waals surface area contributed by atoms with Gasteiger partial charge in [-0.3, -0.25) is 9.69 Å². The summed E-state index contributed by atoms with van der Waals surface area (Å²) in [7, 11) is 0. The number of nitrogens with zero attached hydrogens (tertiary/aromatic N) is 2. The zero-order valence-electron chi connectivity index (χ0n) is 14.2. The van der Waals surface area contributed by atoms with Crippen LogP contribution in [0, 0.1) is 0 Å². The van der Waals surface area contributed by atoms with Gasteiger partial charge in [-0.25, -0.2) is 0 Å². The fraction of sp³-hybridized carbons (Fsp3) is 0.350. The molecule has 1 fully saturated rings. The van der Waals surface area contributed by atoms with Crippen molar-refractivity contribution in [3.8, 4) is 5.75 Å². The van der Waals surface area contributed by atoms with E-state index in [2.05, 4.69) is 17.0 Å². The van der Waals surface area contributed by atoms with Crippen molar-refractivity contribution in [1.82, 2.24) is 9.80 Å². The summed E-state index contributed by atoms with van der Waals surface area (Å²) in [5.41, 5.74) is 1.18. The number of carbonyl (C=O) groups excluding carboxylic acids is 1. The fourth-order valence-corrected chi connectivity index (χ4v) is 3.05. The minimum absolute atomic E-state index is 0.227. The molecule has 2 aromatic carbocycles. The van der Waals surface area contributed by atoms with Gasteiger partial charge in [0.2, 0.25) is 5.91 Å². The molecule has 0 bridgehead atoms. The van der Waals surface area contributed by atoms with E-state index in [9.17, 15) is 4.79 Å². The third-order valence-electron chi connectivity index (χ3n) is 4.39. The van der Waals surface area contributed by atoms with Gasteiger partial charge in [0, 0.05) is 44.2 Å². The highest BCUT2D eigenvalue weighted by atomic mass is 35.5. The molecule has 0 spiro atoms. The summed E-state index contributed by atoms with van der Waals surface area (Å²) in [4.78, 5) is 16.6. The second-order valence-corrected chi connectivity index (χ2v) is 6.63. The molecule has 1 heterocycles. The molecule has 0 N–H and O–H groups in total. The number of halogens is 1. The summed E-state index contributed by atoms with van der Waals surface area (Å²) >= 11 is 5.87. The van der Waals surface area contributed by atoms with Crippen LogP contribution in [0.2, 0.25) is 5.02 Å². The number of benzene rings is 2. The van der Waals surface area contributed by atoms with Crippen molar-refractivity contribution in [2.24, 2.45) is 0 Å². The molecule has 2 aromatic rings. The largest absolute Gasteiger partial charge is 0.492 e. The van der Waals surface area contributed by atoms with Crippen LogP contribution in [0.25, 0.3) is 0 Å². The van der Waals surface area contributed by atoms with Crippen molar-refractivity contribution in [1.29, 1.82) is 0 Å². The molecule has 0 radical (unpaired) electrons. The molecule has 1 aliphatic heterocycles. The highest BCUT2D eigenvalue weighted by Gasteiger charge is 2.20. The molecule has 0 aliphatic carbocycles. The van der Waals surface area contributed by atoms with Crippen LogP contribution in [0.4, 0.5) is 0 Å². The summed E-state index contributed by atoms with van der Waals surface area (Å²) in [5.74, 6) is 1.05. The van der Waals surface area contributed by atoms with Gasteiger partial charge in [0.1, 0.15) is 12.4 Å². The lowest BCUT2D eigenvalue weighted by atomic mass is 10.2. The summed E-state index contributed by atoms with van der Waals surface area (Å²) < 4.78 is 5.76. The van der Waals surface area contributed by atoms with Gasteiger partial charge < -0.3 is 9.64 Å². The first-order valence-corrected chi connectivity index (χ1v) is 9.01. The van der Waals surface area contributed by atoms with E-state index in [-0.39, 0.29) is 5.91 Å². The smallest absolute Gasteiger partial charge is 0.224 e. The van der Waals surface area contributed by atoms with E-state index >= 15 is 0 Å². The van der Waals surface area contributed by atoms with E-state index in [1.165, 1.54) is 5.56 Å². The molecule has 1 amide bonds. The van der Waals surface area contributed by atoms with Gasteiger partial charge in [-0.05, 0) is 29.8 Å². The maximum absolute atomic E-state index is 12.3. The molecule has 4 nitrogen and oxygen atoms in total. The van der Waals surface area contributed by atoms with Gasteiger partial charge in [0.25, 0.3) is 0 Å². The minimum atomic E-state index is 0.227. The maximum Gasteiger partial charge on any atom is 0.224 e. The molecule has 0 aromatic heterocycles. The maximum atomic E-state index is 12.3. The SMILES string of the molecule is O=C1CCN(CCOc2ccc(Cl)cc2)CCN1Cc1ccccc1. The predicted molar refractivity (Wildman–Crippen MR) is 99.9 cm³/mol. The van der Waals surface area contributed by atoms with E-state index in [4.69, 9.17) is 16.3 Å². The topological polar surface area (TPSA) is 32.8 Å². The van der Waals surface area contributed by atoms with Crippen LogP contribution in [-0.4, -0.2) is 48.5 Å². The predicted octanol–water partition coefficient (Wildman–Crippen LogP) is 3.45. The number of hydrogen-bond donors (Lipinski definition) is 0. The first-order valence-electron chi connectivity index (χ1n) is 8.63. The van der Waals surface area contributed by atoms with Gasteiger partial charge >= 0.3 is 0 Å². The molecule has 132 valence electrons. The second kappa shape index (κ2) is 8.88. The summed E-state index contributed by atoms with van der Waals surface area (Å²) in [6, 6.07) is 17.5. The molecular weight excluding hydrogens is 336 g/mol. The Labute approximate surface area is 154 Å². The highest BCUT2D eigenvalue weighted by molar-refractivity contribution is 6.30. The monoisotopic (exact) mass is 358 g/mol. The summed E-state index contributed by atoms with van der Waals surface area (Å²) in [5, 5.41) is 0.705. The van der Waals surface area contributed by atoms with E-state index in [0.717, 1.165) is 31.9 Å². The number of amides is 1. The molecule has 0 saturated carbocycles. The second-order valence-electron chi connectivity index (χ2n) is 6.19. The average molecular weight is 359 g/mol. The minimum Gasteiger partial charge on any atom is -0.492 e. The number of rotatable bonds is 6. The lowest BCUT2D eigenvalue weighted by Crippen LogP contribution is -2.34. The Balaban J connectivity index is 1.45. The number of carbonyl (C=O) groups is 1. The fourth-order valence-electron chi connectivity index (χ4n) is 2.93. The van der Waals surface area contributed by atoms with Gasteiger partial charge in [0.05, 0.1) is 0 Å². The molecule has 1 aliphatic rings. The van der Waals surface area contributed by atoms with Gasteiger partial charge in [-0.2, -0.15) is 0 Å². The van der Waals surface area contributed by atoms with Crippen molar-refractivity contribution in [3.63, 3.8) is 0 Å². The quantitative estimate of drug-likeness (QED) is 0.792. The third-order valence-corrected chi connectivity index (χ3v) is 4.64. The Bertz CT molecular complexity index is 676. The number of ether oxygens (including phenoxy) is 1. The van der Waals surface area contributed by atoms with Crippen LogP contribution in [-0.2, 0) is 11.3 Å². The van der Waals surface area contributed by atoms with Gasteiger partial charge in [-0.15, -0.1) is 0 Å². The lowest BCUT2D eigenvalue weighted by molar-refractivity contribution is -0.130. The van der Waals surface area contributed by atoms with E-state index in [1.54, 1.807) is 0 Å². The summed E-state index contributed by atoms with van der Waals surface area (Å²) in [6.07, 6.45) is 0.563. The van der Waals surface area contributed by atoms with Crippen molar-refractivity contribution >= 4 is 17.5 Å². The molecule has 1 saturated heterocycles. The Morgan fingerprint density at radius 3 is 2.48 bits per heavy atom. The Hall–Kier alpha value is -2.04. The highest BCUT2D eigenvalue weighted by Crippen LogP contribution is 2.15. The Kier molecular flexibility index (Phi) is 6.31. The van der Waals surface area contributed by atoms with Crippen LogP contribution in [0.3, 0.4) is 0 Å². The van der Waals surface area contributed by atoms with Crippen LogP contribution < -0.4 is 4.74 Å². The molecule has 25 heavy (non-hydrogen) atoms. The Morgan fingerprint density at radius 2 is 1.72 bits per heavy atom. The normalized spacial score (nSPS) is 15.9. The van der Waals surface area contributed by atoms with Gasteiger partial charge in [-0.1, -0.05) is 41.9 Å². The van der Waals surface area contributed by atoms with Crippen molar-refractivity contribution in [3.05, 3.63) is 65.2 Å². The zero-order chi connectivity index (χ0) is 17.5. The standard InChI is InChI=1S/C20H23ClN2O2/c21-18-6-8-19(9-7-18)25-15-14-22-11-10-20(24)23(13-12-22)16-17-4-2-1-3-5-17/h1-9H,10-16H2. The average Bonchev–Trinajstić information content (AvgIpc) is 2.80. The molecule has 3 rings (SSSR count). The zero-order valence-corrected chi connectivity index (χ0v) is 15.0. The molecular formula is C20H23ClN2O2. The summed E-state index contributed by atoms with van der Waals surface area (Å²) in [6.45, 7) is 4.53. The van der Waals surface area contributed by atoms with Crippen LogP contribution in [0.1, 0.15) is 12.0 Å². The van der Waals surface area contributed by atoms with Crippen molar-refractivity contribution in [2.75, 3.05) is 32.8 Å². The van der Waals surface area contributed by atoms with E-state index < -0.39 is 0 Å². The molecule has 0 atom stereocenters. The van der Waals surface area contributed by atoms with E-state index in [1.807, 2.05) is 47.4 Å². The Morgan fingerprint density at radius 1 is 0.960 bits per heavy atom. The van der Waals surface area contributed by atoms with Crippen molar-refractivity contribution in [2.45, 2.75) is 13.0 Å². The third kappa shape index (κ3) is 5.48. The molecule has 5 heteroatoms. The number of hydrogen-bond acceptors (Lipinski definition) is 3. The van der Waals surface area contributed by atoms with Crippen molar-refractivity contribution < 1.29 is 9.53 Å². The van der Waals surface area contributed by atoms with E-state index in [0.29, 0.717) is 24.6 Å². The van der Waals surface area contributed by atoms with Crippen LogP contribution >= 0.6 is 11.6 Å². The first-order chi connectivity index (χ1) is 12.2.